The lowest BCUT2D eigenvalue weighted by atomic mass is 10.1. The maximum Gasteiger partial charge on any atom is 0.0429 e. The Morgan fingerprint density at radius 3 is 2.32 bits per heavy atom. The summed E-state index contributed by atoms with van der Waals surface area (Å²) in [6.07, 6.45) is 0. The van der Waals surface area contributed by atoms with Gasteiger partial charge in [-0.25, -0.2) is 0 Å². The maximum atomic E-state index is 5.70. The first-order chi connectivity index (χ1) is 9.22. The number of rotatable bonds is 5. The molecule has 0 bridgehead atoms. The number of benzene rings is 2. The molecule has 100 valence electrons. The van der Waals surface area contributed by atoms with Gasteiger partial charge in [-0.15, -0.1) is 0 Å². The second kappa shape index (κ2) is 6.39. The SMILES string of the molecule is CCN(Cc1cccc(CN)c1)c1ccc(C)cc1. The summed E-state index contributed by atoms with van der Waals surface area (Å²) in [6, 6.07) is 17.2. The molecule has 2 aromatic carbocycles. The molecule has 2 aromatic rings. The van der Waals surface area contributed by atoms with E-state index in [9.17, 15) is 0 Å². The molecule has 0 aromatic heterocycles. The fourth-order valence-electron chi connectivity index (χ4n) is 2.22. The molecule has 2 rings (SSSR count). The van der Waals surface area contributed by atoms with Crippen LogP contribution < -0.4 is 10.6 Å². The molecule has 2 nitrogen and oxygen atoms in total. The highest BCUT2D eigenvalue weighted by molar-refractivity contribution is 5.48. The predicted molar refractivity (Wildman–Crippen MR) is 82.2 cm³/mol. The van der Waals surface area contributed by atoms with Crippen LogP contribution in [0.15, 0.2) is 48.5 Å². The fourth-order valence-corrected chi connectivity index (χ4v) is 2.22. The topological polar surface area (TPSA) is 29.3 Å². The summed E-state index contributed by atoms with van der Waals surface area (Å²) in [5.41, 5.74) is 10.8. The van der Waals surface area contributed by atoms with E-state index in [2.05, 4.69) is 67.3 Å². The quantitative estimate of drug-likeness (QED) is 0.885. The smallest absolute Gasteiger partial charge is 0.0429 e. The van der Waals surface area contributed by atoms with Crippen molar-refractivity contribution in [2.75, 3.05) is 11.4 Å². The van der Waals surface area contributed by atoms with Gasteiger partial charge in [-0.2, -0.15) is 0 Å². The first-order valence-corrected chi connectivity index (χ1v) is 6.82. The van der Waals surface area contributed by atoms with Crippen molar-refractivity contribution >= 4 is 5.69 Å². The van der Waals surface area contributed by atoms with Crippen LogP contribution in [-0.2, 0) is 13.1 Å². The standard InChI is InChI=1S/C17H22N2/c1-3-19(17-9-7-14(2)8-10-17)13-16-6-4-5-15(11-16)12-18/h4-11H,3,12-13,18H2,1-2H3. The molecule has 0 heterocycles. The predicted octanol–water partition coefficient (Wildman–Crippen LogP) is 3.48. The van der Waals surface area contributed by atoms with Crippen LogP contribution in [0.5, 0.6) is 0 Å². The molecule has 0 aliphatic heterocycles. The normalized spacial score (nSPS) is 10.5. The molecule has 0 saturated heterocycles. The van der Waals surface area contributed by atoms with Gasteiger partial charge < -0.3 is 10.6 Å². The Morgan fingerprint density at radius 2 is 1.68 bits per heavy atom. The molecule has 0 saturated carbocycles. The highest BCUT2D eigenvalue weighted by Gasteiger charge is 2.05. The molecule has 0 aliphatic rings. The molecule has 0 atom stereocenters. The molecular weight excluding hydrogens is 232 g/mol. The third kappa shape index (κ3) is 3.58. The first-order valence-electron chi connectivity index (χ1n) is 6.82. The molecule has 0 radical (unpaired) electrons. The van der Waals surface area contributed by atoms with Crippen LogP contribution in [0.25, 0.3) is 0 Å². The zero-order valence-corrected chi connectivity index (χ0v) is 11.8. The van der Waals surface area contributed by atoms with E-state index in [-0.39, 0.29) is 0 Å². The van der Waals surface area contributed by atoms with Gasteiger partial charge in [0.25, 0.3) is 0 Å². The largest absolute Gasteiger partial charge is 0.367 e. The molecule has 0 unspecified atom stereocenters. The van der Waals surface area contributed by atoms with Crippen molar-refractivity contribution in [3.05, 3.63) is 65.2 Å². The van der Waals surface area contributed by atoms with Crippen molar-refractivity contribution in [2.45, 2.75) is 26.9 Å². The molecule has 0 aliphatic carbocycles. The van der Waals surface area contributed by atoms with E-state index >= 15 is 0 Å². The van der Waals surface area contributed by atoms with E-state index in [0.717, 1.165) is 13.1 Å². The number of nitrogens with zero attached hydrogens (tertiary/aromatic N) is 1. The third-order valence-electron chi connectivity index (χ3n) is 3.38. The third-order valence-corrected chi connectivity index (χ3v) is 3.38. The molecule has 2 N–H and O–H groups in total. The van der Waals surface area contributed by atoms with Gasteiger partial charge in [0.15, 0.2) is 0 Å². The lowest BCUT2D eigenvalue weighted by Gasteiger charge is -2.23. The van der Waals surface area contributed by atoms with Crippen LogP contribution in [0.4, 0.5) is 5.69 Å². The molecule has 19 heavy (non-hydrogen) atoms. The summed E-state index contributed by atoms with van der Waals surface area (Å²) in [5, 5.41) is 0. The second-order valence-corrected chi connectivity index (χ2v) is 4.87. The average molecular weight is 254 g/mol. The van der Waals surface area contributed by atoms with Crippen molar-refractivity contribution in [1.29, 1.82) is 0 Å². The Kier molecular flexibility index (Phi) is 4.58. The summed E-state index contributed by atoms with van der Waals surface area (Å²) in [7, 11) is 0. The monoisotopic (exact) mass is 254 g/mol. The van der Waals surface area contributed by atoms with Gasteiger partial charge in [0.1, 0.15) is 0 Å². The number of hydrogen-bond acceptors (Lipinski definition) is 2. The number of anilines is 1. The molecule has 0 fully saturated rings. The Hall–Kier alpha value is -1.80. The van der Waals surface area contributed by atoms with E-state index < -0.39 is 0 Å². The Morgan fingerprint density at radius 1 is 1.00 bits per heavy atom. The summed E-state index contributed by atoms with van der Waals surface area (Å²) in [6.45, 7) is 6.82. The van der Waals surface area contributed by atoms with Gasteiger partial charge in [0.2, 0.25) is 0 Å². The van der Waals surface area contributed by atoms with Crippen LogP contribution in [0.3, 0.4) is 0 Å². The lowest BCUT2D eigenvalue weighted by Crippen LogP contribution is -2.22. The van der Waals surface area contributed by atoms with E-state index in [1.807, 2.05) is 0 Å². The minimum Gasteiger partial charge on any atom is -0.367 e. The van der Waals surface area contributed by atoms with Gasteiger partial charge in [-0.1, -0.05) is 42.0 Å². The molecule has 0 amide bonds. The van der Waals surface area contributed by atoms with Crippen LogP contribution in [0, 0.1) is 6.92 Å². The van der Waals surface area contributed by atoms with Crippen molar-refractivity contribution in [2.24, 2.45) is 5.73 Å². The second-order valence-electron chi connectivity index (χ2n) is 4.87. The van der Waals surface area contributed by atoms with Crippen molar-refractivity contribution < 1.29 is 0 Å². The fraction of sp³-hybridized carbons (Fsp3) is 0.294. The van der Waals surface area contributed by atoms with Crippen LogP contribution >= 0.6 is 0 Å². The van der Waals surface area contributed by atoms with E-state index in [0.29, 0.717) is 6.54 Å². The van der Waals surface area contributed by atoms with Crippen LogP contribution in [0.1, 0.15) is 23.6 Å². The van der Waals surface area contributed by atoms with Gasteiger partial charge >= 0.3 is 0 Å². The summed E-state index contributed by atoms with van der Waals surface area (Å²) in [5.74, 6) is 0. The van der Waals surface area contributed by atoms with Gasteiger partial charge in [0, 0.05) is 25.3 Å². The minimum atomic E-state index is 0.602. The van der Waals surface area contributed by atoms with Gasteiger partial charge in [-0.3, -0.25) is 0 Å². The first kappa shape index (κ1) is 13.6. The highest BCUT2D eigenvalue weighted by atomic mass is 15.1. The van der Waals surface area contributed by atoms with Crippen molar-refractivity contribution in [3.8, 4) is 0 Å². The van der Waals surface area contributed by atoms with Crippen molar-refractivity contribution in [3.63, 3.8) is 0 Å². The van der Waals surface area contributed by atoms with E-state index in [1.54, 1.807) is 0 Å². The van der Waals surface area contributed by atoms with Crippen molar-refractivity contribution in [1.82, 2.24) is 0 Å². The zero-order valence-electron chi connectivity index (χ0n) is 11.8. The summed E-state index contributed by atoms with van der Waals surface area (Å²) >= 11 is 0. The van der Waals surface area contributed by atoms with Gasteiger partial charge in [-0.05, 0) is 37.1 Å². The minimum absolute atomic E-state index is 0.602. The number of nitrogens with two attached hydrogens (primary N) is 1. The molecule has 2 heteroatoms. The Bertz CT molecular complexity index is 517. The highest BCUT2D eigenvalue weighted by Crippen LogP contribution is 2.18. The maximum absolute atomic E-state index is 5.70. The van der Waals surface area contributed by atoms with Gasteiger partial charge in [0.05, 0.1) is 0 Å². The summed E-state index contributed by atoms with van der Waals surface area (Å²) < 4.78 is 0. The van der Waals surface area contributed by atoms with E-state index in [1.165, 1.54) is 22.4 Å². The zero-order chi connectivity index (χ0) is 13.7. The molecular formula is C17H22N2. The lowest BCUT2D eigenvalue weighted by molar-refractivity contribution is 0.829. The van der Waals surface area contributed by atoms with Crippen LogP contribution in [-0.4, -0.2) is 6.54 Å². The Labute approximate surface area is 115 Å². The van der Waals surface area contributed by atoms with E-state index in [4.69, 9.17) is 5.73 Å². The molecule has 0 spiro atoms. The average Bonchev–Trinajstić information content (AvgIpc) is 2.46. The van der Waals surface area contributed by atoms with Crippen LogP contribution in [0.2, 0.25) is 0 Å². The Balaban J connectivity index is 2.16. The summed E-state index contributed by atoms with van der Waals surface area (Å²) in [4.78, 5) is 2.37. The number of aryl methyl sites for hydroxylation is 1. The number of hydrogen-bond donors (Lipinski definition) is 1.